The van der Waals surface area contributed by atoms with Crippen molar-refractivity contribution in [2.24, 2.45) is 0 Å². The number of benzene rings is 1. The molecule has 0 unspecified atom stereocenters. The molecule has 0 radical (unpaired) electrons. The van der Waals surface area contributed by atoms with Gasteiger partial charge in [0.2, 0.25) is 5.01 Å². The van der Waals surface area contributed by atoms with Gasteiger partial charge in [0.05, 0.1) is 29.5 Å². The summed E-state index contributed by atoms with van der Waals surface area (Å²) in [6.45, 7) is 0.438. The van der Waals surface area contributed by atoms with E-state index < -0.39 is 5.97 Å². The van der Waals surface area contributed by atoms with E-state index in [0.29, 0.717) is 18.0 Å². The molecule has 2 N–H and O–H groups in total. The maximum atomic E-state index is 10.8. The van der Waals surface area contributed by atoms with Gasteiger partial charge in [0.15, 0.2) is 0 Å². The number of hydrogen-bond donors (Lipinski definition) is 2. The van der Waals surface area contributed by atoms with E-state index in [4.69, 9.17) is 9.84 Å². The number of thiazole rings is 1. The molecule has 0 spiro atoms. The predicted molar refractivity (Wildman–Crippen MR) is 84.8 cm³/mol. The molecule has 0 bridgehead atoms. The molecule has 0 aliphatic heterocycles. The first kappa shape index (κ1) is 15.3. The van der Waals surface area contributed by atoms with Crippen molar-refractivity contribution in [1.82, 2.24) is 4.98 Å². The van der Waals surface area contributed by atoms with Gasteiger partial charge in [0, 0.05) is 15.9 Å². The molecule has 0 atom stereocenters. The predicted octanol–water partition coefficient (Wildman–Crippen LogP) is 3.99. The van der Waals surface area contributed by atoms with Gasteiger partial charge in [-0.25, -0.2) is 9.78 Å². The highest BCUT2D eigenvalue weighted by atomic mass is 79.9. The number of aromatic nitrogens is 1. The molecule has 0 fully saturated rings. The molecule has 0 saturated heterocycles. The van der Waals surface area contributed by atoms with Crippen molar-refractivity contribution in [3.05, 3.63) is 37.2 Å². The van der Waals surface area contributed by atoms with E-state index in [1.165, 1.54) is 0 Å². The fourth-order valence-corrected chi connectivity index (χ4v) is 3.44. The monoisotopic (exact) mass is 420 g/mol. The van der Waals surface area contributed by atoms with Gasteiger partial charge in [-0.2, -0.15) is 0 Å². The molecule has 8 heteroatoms. The van der Waals surface area contributed by atoms with Gasteiger partial charge >= 0.3 is 5.97 Å². The Morgan fingerprint density at radius 3 is 2.80 bits per heavy atom. The van der Waals surface area contributed by atoms with Crippen molar-refractivity contribution in [1.29, 1.82) is 0 Å². The zero-order chi connectivity index (χ0) is 14.7. The lowest BCUT2D eigenvalue weighted by molar-refractivity contribution is 0.0696. The first-order valence-corrected chi connectivity index (χ1v) is 7.92. The third-order valence-electron chi connectivity index (χ3n) is 2.44. The fraction of sp³-hybridized carbons (Fsp3) is 0.167. The van der Waals surface area contributed by atoms with Crippen LogP contribution >= 0.6 is 43.2 Å². The van der Waals surface area contributed by atoms with Gasteiger partial charge in [-0.05, 0) is 37.9 Å². The number of halogens is 2. The summed E-state index contributed by atoms with van der Waals surface area (Å²) in [7, 11) is 1.59. The van der Waals surface area contributed by atoms with Crippen molar-refractivity contribution in [2.75, 3.05) is 12.4 Å². The third-order valence-corrected chi connectivity index (χ3v) is 4.59. The van der Waals surface area contributed by atoms with Crippen LogP contribution in [-0.4, -0.2) is 23.2 Å². The van der Waals surface area contributed by atoms with Gasteiger partial charge in [-0.1, -0.05) is 0 Å². The van der Waals surface area contributed by atoms with Crippen LogP contribution in [0.4, 0.5) is 5.69 Å². The maximum Gasteiger partial charge on any atom is 0.365 e. The minimum Gasteiger partial charge on any atom is -0.495 e. The van der Waals surface area contributed by atoms with E-state index in [9.17, 15) is 4.79 Å². The topological polar surface area (TPSA) is 71.5 Å². The molecule has 2 aromatic rings. The lowest BCUT2D eigenvalue weighted by Gasteiger charge is -2.11. The second kappa shape index (κ2) is 6.55. The summed E-state index contributed by atoms with van der Waals surface area (Å²) in [4.78, 5) is 14.8. The van der Waals surface area contributed by atoms with E-state index >= 15 is 0 Å². The number of nitrogens with zero attached hydrogens (tertiary/aromatic N) is 1. The largest absolute Gasteiger partial charge is 0.495 e. The van der Waals surface area contributed by atoms with Crippen molar-refractivity contribution < 1.29 is 14.6 Å². The van der Waals surface area contributed by atoms with E-state index in [1.807, 2.05) is 12.1 Å². The number of hydrogen-bond acceptors (Lipinski definition) is 5. The smallest absolute Gasteiger partial charge is 0.365 e. The Balaban J connectivity index is 2.12. The van der Waals surface area contributed by atoms with Crippen LogP contribution in [0.3, 0.4) is 0 Å². The fourth-order valence-electron chi connectivity index (χ4n) is 1.49. The molecular weight excluding hydrogens is 412 g/mol. The van der Waals surface area contributed by atoms with E-state index in [0.717, 1.165) is 26.0 Å². The normalized spacial score (nSPS) is 10.3. The highest BCUT2D eigenvalue weighted by molar-refractivity contribution is 9.11. The van der Waals surface area contributed by atoms with E-state index in [1.54, 1.807) is 12.5 Å². The average Bonchev–Trinajstić information content (AvgIpc) is 2.87. The number of carbonyl (C=O) groups is 1. The molecular formula is C12H10Br2N2O3S. The standard InChI is InChI=1S/C12H10Br2N2O3S/c1-19-10-3-9(7(13)2-8(10)14)15-4-6-5-20-11(16-6)12(17)18/h2-3,5,15H,4H2,1H3,(H,17,18). The molecule has 20 heavy (non-hydrogen) atoms. The lowest BCUT2D eigenvalue weighted by atomic mass is 10.3. The second-order valence-electron chi connectivity index (χ2n) is 3.77. The summed E-state index contributed by atoms with van der Waals surface area (Å²) in [5, 5.41) is 13.8. The molecule has 5 nitrogen and oxygen atoms in total. The quantitative estimate of drug-likeness (QED) is 0.763. The number of nitrogens with one attached hydrogen (secondary N) is 1. The molecule has 1 aromatic carbocycles. The third kappa shape index (κ3) is 3.50. The van der Waals surface area contributed by atoms with Gasteiger partial charge in [0.1, 0.15) is 5.75 Å². The van der Waals surface area contributed by atoms with Crippen LogP contribution in [0.15, 0.2) is 26.5 Å². The zero-order valence-electron chi connectivity index (χ0n) is 10.3. The number of aromatic carboxylic acids is 1. The van der Waals surface area contributed by atoms with E-state index in [2.05, 4.69) is 42.2 Å². The Morgan fingerprint density at radius 1 is 1.45 bits per heavy atom. The van der Waals surface area contributed by atoms with Gasteiger partial charge < -0.3 is 15.2 Å². The number of anilines is 1. The van der Waals surface area contributed by atoms with E-state index in [-0.39, 0.29) is 5.01 Å². The molecule has 2 rings (SSSR count). The first-order valence-electron chi connectivity index (χ1n) is 5.46. The maximum absolute atomic E-state index is 10.8. The SMILES string of the molecule is COc1cc(NCc2csc(C(=O)O)n2)c(Br)cc1Br. The summed E-state index contributed by atoms with van der Waals surface area (Å²) in [5.74, 6) is -0.298. The number of carboxylic acids is 1. The Hall–Kier alpha value is -1.12. The number of rotatable bonds is 5. The number of ether oxygens (including phenoxy) is 1. The van der Waals surface area contributed by atoms with Crippen LogP contribution in [0.25, 0.3) is 0 Å². The average molecular weight is 422 g/mol. The van der Waals surface area contributed by atoms with Crippen LogP contribution in [-0.2, 0) is 6.54 Å². The van der Waals surface area contributed by atoms with Gasteiger partial charge in [-0.3, -0.25) is 0 Å². The Kier molecular flexibility index (Phi) is 5.00. The second-order valence-corrected chi connectivity index (χ2v) is 6.34. The van der Waals surface area contributed by atoms with Crippen LogP contribution < -0.4 is 10.1 Å². The minimum atomic E-state index is -1.01. The summed E-state index contributed by atoms with van der Waals surface area (Å²) in [6, 6.07) is 3.73. The molecule has 0 amide bonds. The van der Waals surface area contributed by atoms with Crippen LogP contribution in [0.5, 0.6) is 5.75 Å². The van der Waals surface area contributed by atoms with Gasteiger partial charge in [0.25, 0.3) is 0 Å². The number of methoxy groups -OCH3 is 1. The van der Waals surface area contributed by atoms with Crippen LogP contribution in [0, 0.1) is 0 Å². The van der Waals surface area contributed by atoms with Gasteiger partial charge in [-0.15, -0.1) is 11.3 Å². The molecule has 0 aliphatic carbocycles. The molecule has 106 valence electrons. The van der Waals surface area contributed by atoms with Crippen LogP contribution in [0.2, 0.25) is 0 Å². The molecule has 0 aliphatic rings. The summed E-state index contributed by atoms with van der Waals surface area (Å²) in [5.41, 5.74) is 1.52. The van der Waals surface area contributed by atoms with Crippen LogP contribution in [0.1, 0.15) is 15.5 Å². The zero-order valence-corrected chi connectivity index (χ0v) is 14.3. The Morgan fingerprint density at radius 2 is 2.20 bits per heavy atom. The molecule has 1 aromatic heterocycles. The van der Waals surface area contributed by atoms with Crippen molar-refractivity contribution >= 4 is 54.9 Å². The Labute approximate surface area is 136 Å². The highest BCUT2D eigenvalue weighted by Crippen LogP contribution is 2.34. The lowest BCUT2D eigenvalue weighted by Crippen LogP contribution is -2.02. The van der Waals surface area contributed by atoms with Crippen molar-refractivity contribution in [3.8, 4) is 5.75 Å². The summed E-state index contributed by atoms with van der Waals surface area (Å²) < 4.78 is 6.95. The highest BCUT2D eigenvalue weighted by Gasteiger charge is 2.10. The first-order chi connectivity index (χ1) is 9.51. The minimum absolute atomic E-state index is 0.0919. The number of carboxylic acid groups (broad SMARTS) is 1. The van der Waals surface area contributed by atoms with Crippen molar-refractivity contribution in [2.45, 2.75) is 6.54 Å². The summed E-state index contributed by atoms with van der Waals surface area (Å²) in [6.07, 6.45) is 0. The molecule has 0 saturated carbocycles. The molecule has 1 heterocycles. The van der Waals surface area contributed by atoms with Crippen molar-refractivity contribution in [3.63, 3.8) is 0 Å². The Bertz CT molecular complexity index is 646. The summed E-state index contributed by atoms with van der Waals surface area (Å²) >= 11 is 7.96.